The van der Waals surface area contributed by atoms with Gasteiger partial charge in [-0.05, 0) is 29.8 Å². The molecule has 0 saturated carbocycles. The van der Waals surface area contributed by atoms with Crippen molar-refractivity contribution in [1.29, 1.82) is 0 Å². The molecule has 0 heterocycles. The first-order valence-electron chi connectivity index (χ1n) is 6.86. The third-order valence-electron chi connectivity index (χ3n) is 3.28. The van der Waals surface area contributed by atoms with E-state index in [2.05, 4.69) is 5.32 Å². The fourth-order valence-electron chi connectivity index (χ4n) is 2.00. The summed E-state index contributed by atoms with van der Waals surface area (Å²) in [5.74, 6) is 1.47. The summed E-state index contributed by atoms with van der Waals surface area (Å²) in [6.07, 6.45) is 0. The topological polar surface area (TPSA) is 50.8 Å². The molecule has 0 aromatic heterocycles. The summed E-state index contributed by atoms with van der Waals surface area (Å²) >= 11 is 0. The lowest BCUT2D eigenvalue weighted by Crippen LogP contribution is -2.27. The van der Waals surface area contributed by atoms with E-state index in [4.69, 9.17) is 9.47 Å². The maximum atomic E-state index is 11.9. The van der Waals surface area contributed by atoms with Crippen LogP contribution >= 0.6 is 0 Å². The van der Waals surface area contributed by atoms with Gasteiger partial charge in [0.1, 0.15) is 11.5 Å². The molecule has 0 fully saturated rings. The Balaban J connectivity index is 2.42. The van der Waals surface area contributed by atoms with Crippen LogP contribution in [0.15, 0.2) is 42.5 Å². The molecular formula is C17H20N2O3. The molecule has 2 aromatic carbocycles. The molecule has 22 heavy (non-hydrogen) atoms. The highest BCUT2D eigenvalue weighted by Gasteiger charge is 2.11. The van der Waals surface area contributed by atoms with Gasteiger partial charge in [0.2, 0.25) is 0 Å². The molecule has 0 aliphatic rings. The first-order chi connectivity index (χ1) is 10.5. The molecule has 0 bridgehead atoms. The normalized spacial score (nSPS) is 10.0. The first-order valence-corrected chi connectivity index (χ1v) is 6.86. The fraction of sp³-hybridized carbons (Fsp3) is 0.235. The molecule has 0 aliphatic heterocycles. The average Bonchev–Trinajstić information content (AvgIpc) is 2.54. The molecule has 2 amide bonds. The zero-order chi connectivity index (χ0) is 16.1. The number of hydrogen-bond acceptors (Lipinski definition) is 3. The van der Waals surface area contributed by atoms with E-state index in [1.54, 1.807) is 34.4 Å². The number of methoxy groups -OCH3 is 2. The quantitative estimate of drug-likeness (QED) is 0.940. The highest BCUT2D eigenvalue weighted by molar-refractivity contribution is 5.94. The van der Waals surface area contributed by atoms with Gasteiger partial charge in [0, 0.05) is 25.7 Å². The molecule has 1 N–H and O–H groups in total. The Morgan fingerprint density at radius 1 is 0.955 bits per heavy atom. The van der Waals surface area contributed by atoms with Crippen molar-refractivity contribution < 1.29 is 14.3 Å². The van der Waals surface area contributed by atoms with Crippen molar-refractivity contribution >= 4 is 11.7 Å². The molecule has 5 heteroatoms. The van der Waals surface area contributed by atoms with Gasteiger partial charge in [0.25, 0.3) is 0 Å². The van der Waals surface area contributed by atoms with Crippen LogP contribution in [0.25, 0.3) is 11.1 Å². The van der Waals surface area contributed by atoms with Gasteiger partial charge >= 0.3 is 6.03 Å². The van der Waals surface area contributed by atoms with Gasteiger partial charge in [0.05, 0.1) is 19.9 Å². The number of rotatable bonds is 4. The Morgan fingerprint density at radius 3 is 2.09 bits per heavy atom. The number of nitrogens with one attached hydrogen (secondary N) is 1. The van der Waals surface area contributed by atoms with Gasteiger partial charge in [-0.25, -0.2) is 4.79 Å². The van der Waals surface area contributed by atoms with Crippen LogP contribution < -0.4 is 14.8 Å². The maximum absolute atomic E-state index is 11.9. The van der Waals surface area contributed by atoms with Crippen molar-refractivity contribution in [2.45, 2.75) is 0 Å². The number of hydrogen-bond donors (Lipinski definition) is 1. The zero-order valence-electron chi connectivity index (χ0n) is 13.2. The molecule has 0 radical (unpaired) electrons. The smallest absolute Gasteiger partial charge is 0.321 e. The van der Waals surface area contributed by atoms with Crippen LogP contribution in [-0.4, -0.2) is 39.2 Å². The maximum Gasteiger partial charge on any atom is 0.321 e. The van der Waals surface area contributed by atoms with E-state index in [1.807, 2.05) is 36.4 Å². The molecular weight excluding hydrogens is 280 g/mol. The van der Waals surface area contributed by atoms with Crippen molar-refractivity contribution in [2.75, 3.05) is 33.6 Å². The summed E-state index contributed by atoms with van der Waals surface area (Å²) in [6.45, 7) is 0. The standard InChI is InChI=1S/C17H20N2O3/c1-19(2)17(20)18-16-11-14(22-4)9-10-15(16)12-5-7-13(21-3)8-6-12/h5-11H,1-4H3,(H,18,20). The molecule has 0 spiro atoms. The van der Waals surface area contributed by atoms with E-state index in [9.17, 15) is 4.79 Å². The summed E-state index contributed by atoms with van der Waals surface area (Å²) in [5, 5.41) is 2.89. The molecule has 2 aromatic rings. The minimum absolute atomic E-state index is 0.192. The van der Waals surface area contributed by atoms with Crippen LogP contribution in [0, 0.1) is 0 Å². The lowest BCUT2D eigenvalue weighted by atomic mass is 10.0. The number of carbonyl (C=O) groups is 1. The van der Waals surface area contributed by atoms with Gasteiger partial charge in [-0.2, -0.15) is 0 Å². The number of ether oxygens (including phenoxy) is 2. The first kappa shape index (κ1) is 15.7. The largest absolute Gasteiger partial charge is 0.497 e. The molecule has 5 nitrogen and oxygen atoms in total. The van der Waals surface area contributed by atoms with Crippen LogP contribution in [0.4, 0.5) is 10.5 Å². The molecule has 0 aliphatic carbocycles. The summed E-state index contributed by atoms with van der Waals surface area (Å²) < 4.78 is 10.4. The Hall–Kier alpha value is -2.69. The number of amides is 2. The predicted molar refractivity (Wildman–Crippen MR) is 87.7 cm³/mol. The van der Waals surface area contributed by atoms with Gasteiger partial charge in [-0.1, -0.05) is 12.1 Å². The SMILES string of the molecule is COc1ccc(-c2ccc(OC)cc2NC(=O)N(C)C)cc1. The summed E-state index contributed by atoms with van der Waals surface area (Å²) in [5.41, 5.74) is 2.60. The number of nitrogens with zero attached hydrogens (tertiary/aromatic N) is 1. The second-order valence-corrected chi connectivity index (χ2v) is 4.96. The minimum atomic E-state index is -0.192. The Bertz CT molecular complexity index is 651. The number of urea groups is 1. The summed E-state index contributed by atoms with van der Waals surface area (Å²) in [4.78, 5) is 13.4. The van der Waals surface area contributed by atoms with Crippen molar-refractivity contribution in [2.24, 2.45) is 0 Å². The van der Waals surface area contributed by atoms with Gasteiger partial charge in [-0.3, -0.25) is 0 Å². The van der Waals surface area contributed by atoms with E-state index >= 15 is 0 Å². The zero-order valence-corrected chi connectivity index (χ0v) is 13.2. The molecule has 0 atom stereocenters. The van der Waals surface area contributed by atoms with Crippen LogP contribution in [-0.2, 0) is 0 Å². The van der Waals surface area contributed by atoms with Crippen molar-refractivity contribution in [3.8, 4) is 22.6 Å². The van der Waals surface area contributed by atoms with E-state index < -0.39 is 0 Å². The Morgan fingerprint density at radius 2 is 1.55 bits per heavy atom. The third kappa shape index (κ3) is 3.49. The lowest BCUT2D eigenvalue weighted by Gasteiger charge is -2.16. The van der Waals surface area contributed by atoms with Crippen LogP contribution in [0.5, 0.6) is 11.5 Å². The van der Waals surface area contributed by atoms with E-state index in [0.29, 0.717) is 11.4 Å². The van der Waals surface area contributed by atoms with E-state index in [-0.39, 0.29) is 6.03 Å². The van der Waals surface area contributed by atoms with Crippen molar-refractivity contribution in [3.05, 3.63) is 42.5 Å². The highest BCUT2D eigenvalue weighted by Crippen LogP contribution is 2.32. The van der Waals surface area contributed by atoms with E-state index in [1.165, 1.54) is 4.90 Å². The lowest BCUT2D eigenvalue weighted by molar-refractivity contribution is 0.230. The van der Waals surface area contributed by atoms with Crippen LogP contribution in [0.2, 0.25) is 0 Å². The highest BCUT2D eigenvalue weighted by atomic mass is 16.5. The molecule has 0 unspecified atom stereocenters. The summed E-state index contributed by atoms with van der Waals surface area (Å²) in [6, 6.07) is 13.1. The Labute approximate surface area is 130 Å². The van der Waals surface area contributed by atoms with Crippen LogP contribution in [0.3, 0.4) is 0 Å². The minimum Gasteiger partial charge on any atom is -0.497 e. The number of anilines is 1. The van der Waals surface area contributed by atoms with Gasteiger partial charge in [-0.15, -0.1) is 0 Å². The number of carbonyl (C=O) groups excluding carboxylic acids is 1. The second kappa shape index (κ2) is 6.85. The van der Waals surface area contributed by atoms with Gasteiger partial charge < -0.3 is 19.7 Å². The average molecular weight is 300 g/mol. The van der Waals surface area contributed by atoms with Crippen molar-refractivity contribution in [3.63, 3.8) is 0 Å². The predicted octanol–water partition coefficient (Wildman–Crippen LogP) is 3.46. The molecule has 0 saturated heterocycles. The second-order valence-electron chi connectivity index (χ2n) is 4.96. The molecule has 2 rings (SSSR count). The fourth-order valence-corrected chi connectivity index (χ4v) is 2.00. The van der Waals surface area contributed by atoms with Crippen molar-refractivity contribution in [1.82, 2.24) is 4.90 Å². The van der Waals surface area contributed by atoms with Crippen LogP contribution in [0.1, 0.15) is 0 Å². The Kier molecular flexibility index (Phi) is 4.88. The number of benzene rings is 2. The van der Waals surface area contributed by atoms with Gasteiger partial charge in [0.15, 0.2) is 0 Å². The summed E-state index contributed by atoms with van der Waals surface area (Å²) in [7, 11) is 6.62. The van der Waals surface area contributed by atoms with E-state index in [0.717, 1.165) is 16.9 Å². The third-order valence-corrected chi connectivity index (χ3v) is 3.28. The molecule has 116 valence electrons. The monoisotopic (exact) mass is 300 g/mol.